The summed E-state index contributed by atoms with van der Waals surface area (Å²) in [5.74, 6) is 0.399. The minimum atomic E-state index is -0.140. The van der Waals surface area contributed by atoms with Gasteiger partial charge in [-0.3, -0.25) is 4.79 Å². The normalized spacial score (nSPS) is 13.3. The molecule has 1 aliphatic heterocycles. The fraction of sp³-hybridized carbons (Fsp3) is 0.200. The van der Waals surface area contributed by atoms with Crippen LogP contribution in [0.4, 0.5) is 5.82 Å². The summed E-state index contributed by atoms with van der Waals surface area (Å²) in [5, 5.41) is 6.91. The van der Waals surface area contributed by atoms with Crippen molar-refractivity contribution in [1.29, 1.82) is 0 Å². The predicted octanol–water partition coefficient (Wildman–Crippen LogP) is 3.48. The third-order valence-electron chi connectivity index (χ3n) is 4.48. The van der Waals surface area contributed by atoms with E-state index in [1.165, 1.54) is 11.1 Å². The molecule has 2 aromatic carbocycles. The second-order valence-electron chi connectivity index (χ2n) is 6.43. The summed E-state index contributed by atoms with van der Waals surface area (Å²) in [6, 6.07) is 13.6. The van der Waals surface area contributed by atoms with Crippen molar-refractivity contribution in [2.45, 2.75) is 19.5 Å². The molecule has 0 unspecified atom stereocenters. The van der Waals surface area contributed by atoms with Gasteiger partial charge in [-0.1, -0.05) is 29.8 Å². The van der Waals surface area contributed by atoms with Crippen LogP contribution in [0.25, 0.3) is 0 Å². The van der Waals surface area contributed by atoms with Crippen LogP contribution < -0.4 is 10.6 Å². The molecule has 0 fully saturated rings. The average molecular weight is 367 g/mol. The number of imidazole rings is 1. The summed E-state index contributed by atoms with van der Waals surface area (Å²) < 4.78 is 1.92. The van der Waals surface area contributed by atoms with E-state index in [0.29, 0.717) is 22.9 Å². The van der Waals surface area contributed by atoms with Crippen molar-refractivity contribution in [3.05, 3.63) is 82.3 Å². The number of hydrogen-bond donors (Lipinski definition) is 2. The second-order valence-corrected chi connectivity index (χ2v) is 6.86. The molecule has 0 bridgehead atoms. The van der Waals surface area contributed by atoms with E-state index in [0.717, 1.165) is 25.1 Å². The van der Waals surface area contributed by atoms with Gasteiger partial charge in [-0.15, -0.1) is 0 Å². The molecule has 1 aliphatic rings. The van der Waals surface area contributed by atoms with E-state index in [1.54, 1.807) is 6.33 Å². The van der Waals surface area contributed by atoms with Crippen LogP contribution in [0.1, 0.15) is 27.0 Å². The van der Waals surface area contributed by atoms with Crippen LogP contribution in [0, 0.1) is 0 Å². The number of nitrogens with zero attached hydrogens (tertiary/aromatic N) is 2. The Kier molecular flexibility index (Phi) is 4.73. The summed E-state index contributed by atoms with van der Waals surface area (Å²) in [5.41, 5.74) is 4.24. The molecule has 0 aliphatic carbocycles. The maximum absolute atomic E-state index is 12.5. The van der Waals surface area contributed by atoms with Gasteiger partial charge in [0.15, 0.2) is 5.82 Å². The number of benzene rings is 2. The molecule has 4 rings (SSSR count). The van der Waals surface area contributed by atoms with Crippen LogP contribution in [-0.4, -0.2) is 22.0 Å². The lowest BCUT2D eigenvalue weighted by atomic mass is 9.98. The molecule has 26 heavy (non-hydrogen) atoms. The average Bonchev–Trinajstić information content (AvgIpc) is 3.08. The van der Waals surface area contributed by atoms with Gasteiger partial charge in [-0.05, 0) is 53.9 Å². The number of fused-ring (bicyclic) bond motifs is 1. The molecule has 0 saturated heterocycles. The van der Waals surface area contributed by atoms with Crippen LogP contribution in [0.15, 0.2) is 55.0 Å². The molecule has 2 N–H and O–H groups in total. The highest BCUT2D eigenvalue weighted by molar-refractivity contribution is 6.30. The second kappa shape index (κ2) is 7.32. The van der Waals surface area contributed by atoms with Crippen molar-refractivity contribution in [3.63, 3.8) is 0 Å². The van der Waals surface area contributed by atoms with Crippen molar-refractivity contribution in [1.82, 2.24) is 14.9 Å². The Balaban J connectivity index is 1.44. The molecule has 132 valence electrons. The Labute approximate surface area is 157 Å². The van der Waals surface area contributed by atoms with Crippen molar-refractivity contribution < 1.29 is 4.79 Å². The lowest BCUT2D eigenvalue weighted by Gasteiger charge is -2.17. The van der Waals surface area contributed by atoms with E-state index in [1.807, 2.05) is 53.2 Å². The van der Waals surface area contributed by atoms with E-state index in [-0.39, 0.29) is 5.91 Å². The van der Waals surface area contributed by atoms with Crippen LogP contribution in [0.3, 0.4) is 0 Å². The van der Waals surface area contributed by atoms with Gasteiger partial charge in [0.25, 0.3) is 5.91 Å². The minimum absolute atomic E-state index is 0.140. The molecule has 6 heteroatoms. The van der Waals surface area contributed by atoms with Crippen LogP contribution in [0.2, 0.25) is 5.02 Å². The monoisotopic (exact) mass is 366 g/mol. The van der Waals surface area contributed by atoms with Gasteiger partial charge in [0.1, 0.15) is 0 Å². The third-order valence-corrected chi connectivity index (χ3v) is 4.72. The van der Waals surface area contributed by atoms with Crippen molar-refractivity contribution in [3.8, 4) is 0 Å². The summed E-state index contributed by atoms with van der Waals surface area (Å²) in [6.45, 7) is 2.46. The summed E-state index contributed by atoms with van der Waals surface area (Å²) in [7, 11) is 0. The zero-order chi connectivity index (χ0) is 17.9. The number of halogens is 1. The van der Waals surface area contributed by atoms with Crippen LogP contribution >= 0.6 is 11.6 Å². The number of carbonyl (C=O) groups excluding carboxylic acids is 1. The van der Waals surface area contributed by atoms with Gasteiger partial charge in [-0.25, -0.2) is 4.98 Å². The highest BCUT2D eigenvalue weighted by Crippen LogP contribution is 2.17. The Morgan fingerprint density at radius 1 is 1.23 bits per heavy atom. The molecule has 2 heterocycles. The maximum Gasteiger partial charge on any atom is 0.256 e. The summed E-state index contributed by atoms with van der Waals surface area (Å²) in [6.07, 6.45) is 4.47. The smallest absolute Gasteiger partial charge is 0.256 e. The van der Waals surface area contributed by atoms with Crippen LogP contribution in [0.5, 0.6) is 0 Å². The lowest BCUT2D eigenvalue weighted by molar-refractivity contribution is 0.102. The molecule has 0 radical (unpaired) electrons. The molecule has 3 aromatic rings. The maximum atomic E-state index is 12.5. The topological polar surface area (TPSA) is 59.0 Å². The molecular weight excluding hydrogens is 348 g/mol. The molecule has 5 nitrogen and oxygen atoms in total. The predicted molar refractivity (Wildman–Crippen MR) is 103 cm³/mol. The lowest BCUT2D eigenvalue weighted by Crippen LogP contribution is -2.24. The number of amides is 1. The van der Waals surface area contributed by atoms with Crippen molar-refractivity contribution in [2.75, 3.05) is 11.9 Å². The molecule has 0 saturated carbocycles. The Hall–Kier alpha value is -2.63. The largest absolute Gasteiger partial charge is 0.331 e. The van der Waals surface area contributed by atoms with Gasteiger partial charge in [0.2, 0.25) is 0 Å². The fourth-order valence-electron chi connectivity index (χ4n) is 3.16. The Bertz CT molecular complexity index is 950. The Morgan fingerprint density at radius 2 is 2.15 bits per heavy atom. The van der Waals surface area contributed by atoms with E-state index < -0.39 is 0 Å². The standard InChI is InChI=1S/C20H19ClN4O/c21-18-3-1-2-14(8-18)11-25-12-19(23-13-25)24-20(26)16-4-5-17-10-22-7-6-15(17)9-16/h1-5,8-9,12-13,22H,6-7,10-11H2,(H,24,26). The first-order chi connectivity index (χ1) is 12.7. The fourth-order valence-corrected chi connectivity index (χ4v) is 3.38. The number of rotatable bonds is 4. The summed E-state index contributed by atoms with van der Waals surface area (Å²) in [4.78, 5) is 16.8. The Morgan fingerprint density at radius 3 is 3.04 bits per heavy atom. The highest BCUT2D eigenvalue weighted by Gasteiger charge is 2.13. The molecule has 0 atom stereocenters. The van der Waals surface area contributed by atoms with Crippen molar-refractivity contribution in [2.24, 2.45) is 0 Å². The van der Waals surface area contributed by atoms with Gasteiger partial charge in [0.05, 0.1) is 6.33 Å². The number of aromatic nitrogens is 2. The molecular formula is C20H19ClN4O. The minimum Gasteiger partial charge on any atom is -0.331 e. The molecule has 1 amide bonds. The van der Waals surface area contributed by atoms with Gasteiger partial charge >= 0.3 is 0 Å². The number of nitrogens with one attached hydrogen (secondary N) is 2. The van der Waals surface area contributed by atoms with E-state index >= 15 is 0 Å². The summed E-state index contributed by atoms with van der Waals surface area (Å²) >= 11 is 6.02. The molecule has 1 aromatic heterocycles. The van der Waals surface area contributed by atoms with Crippen molar-refractivity contribution >= 4 is 23.3 Å². The van der Waals surface area contributed by atoms with Crippen LogP contribution in [-0.2, 0) is 19.5 Å². The van der Waals surface area contributed by atoms with Gasteiger partial charge in [-0.2, -0.15) is 0 Å². The van der Waals surface area contributed by atoms with E-state index in [4.69, 9.17) is 11.6 Å². The SMILES string of the molecule is O=C(Nc1cn(Cc2cccc(Cl)c2)cn1)c1ccc2c(c1)CCNC2. The first-order valence-electron chi connectivity index (χ1n) is 8.57. The van der Waals surface area contributed by atoms with E-state index in [9.17, 15) is 4.79 Å². The quantitative estimate of drug-likeness (QED) is 0.743. The number of carbonyl (C=O) groups is 1. The number of anilines is 1. The highest BCUT2D eigenvalue weighted by atomic mass is 35.5. The number of hydrogen-bond acceptors (Lipinski definition) is 3. The van der Waals surface area contributed by atoms with Gasteiger partial charge < -0.3 is 15.2 Å². The zero-order valence-electron chi connectivity index (χ0n) is 14.2. The van der Waals surface area contributed by atoms with Gasteiger partial charge in [0, 0.05) is 29.9 Å². The first-order valence-corrected chi connectivity index (χ1v) is 8.95. The third kappa shape index (κ3) is 3.79. The first kappa shape index (κ1) is 16.8. The zero-order valence-corrected chi connectivity index (χ0v) is 15.0. The van der Waals surface area contributed by atoms with E-state index in [2.05, 4.69) is 15.6 Å². The molecule has 0 spiro atoms.